The quantitative estimate of drug-likeness (QED) is 0.0574. The van der Waals surface area contributed by atoms with E-state index >= 15 is 0 Å². The first-order valence-corrected chi connectivity index (χ1v) is 17.6. The zero-order valence-corrected chi connectivity index (χ0v) is 28.3. The van der Waals surface area contributed by atoms with Crippen molar-refractivity contribution >= 4 is 11.9 Å². The van der Waals surface area contributed by atoms with E-state index in [4.69, 9.17) is 18.9 Å². The van der Waals surface area contributed by atoms with Gasteiger partial charge in [-0.25, -0.2) is 0 Å². The van der Waals surface area contributed by atoms with Crippen molar-refractivity contribution in [2.75, 3.05) is 26.4 Å². The van der Waals surface area contributed by atoms with Gasteiger partial charge in [0.1, 0.15) is 11.5 Å². The molecular formula is C39H60O5. The van der Waals surface area contributed by atoms with Crippen LogP contribution in [0.5, 0.6) is 23.0 Å². The highest BCUT2D eigenvalue weighted by molar-refractivity contribution is 6.08. The largest absolute Gasteiger partial charge is 0.493 e. The number of carbonyl (C=O) groups excluding carboxylic acids is 1. The van der Waals surface area contributed by atoms with Crippen molar-refractivity contribution in [3.8, 4) is 23.0 Å². The van der Waals surface area contributed by atoms with Crippen molar-refractivity contribution in [1.82, 2.24) is 0 Å². The van der Waals surface area contributed by atoms with Crippen molar-refractivity contribution in [3.05, 3.63) is 53.6 Å². The van der Waals surface area contributed by atoms with E-state index in [-0.39, 0.29) is 5.78 Å². The van der Waals surface area contributed by atoms with Gasteiger partial charge in [0, 0.05) is 11.6 Å². The molecule has 0 saturated heterocycles. The summed E-state index contributed by atoms with van der Waals surface area (Å²) in [6.45, 7) is 11.3. The van der Waals surface area contributed by atoms with Crippen LogP contribution < -0.4 is 18.9 Å². The molecule has 0 bridgehead atoms. The summed E-state index contributed by atoms with van der Waals surface area (Å²) >= 11 is 0. The fourth-order valence-corrected chi connectivity index (χ4v) is 4.96. The van der Waals surface area contributed by atoms with Gasteiger partial charge >= 0.3 is 0 Å². The predicted molar refractivity (Wildman–Crippen MR) is 185 cm³/mol. The molecule has 0 aliphatic heterocycles. The molecular weight excluding hydrogens is 548 g/mol. The van der Waals surface area contributed by atoms with Crippen LogP contribution in [-0.2, 0) is 0 Å². The molecule has 2 rings (SSSR count). The molecule has 0 aromatic heterocycles. The van der Waals surface area contributed by atoms with E-state index in [9.17, 15) is 4.79 Å². The van der Waals surface area contributed by atoms with Gasteiger partial charge < -0.3 is 18.9 Å². The zero-order valence-electron chi connectivity index (χ0n) is 28.3. The molecule has 0 aliphatic rings. The number of rotatable bonds is 27. The van der Waals surface area contributed by atoms with E-state index in [1.54, 1.807) is 6.08 Å². The summed E-state index contributed by atoms with van der Waals surface area (Å²) in [7, 11) is 0. The maximum atomic E-state index is 13.5. The number of hydrogen-bond donors (Lipinski definition) is 0. The number of hydrogen-bond acceptors (Lipinski definition) is 5. The number of carbonyl (C=O) groups is 1. The lowest BCUT2D eigenvalue weighted by molar-refractivity contribution is 0.104. The molecule has 44 heavy (non-hydrogen) atoms. The molecule has 2 aromatic carbocycles. The van der Waals surface area contributed by atoms with Crippen molar-refractivity contribution in [2.24, 2.45) is 0 Å². The third kappa shape index (κ3) is 15.2. The Labute approximate surface area is 268 Å². The lowest BCUT2D eigenvalue weighted by Crippen LogP contribution is -2.06. The number of ketones is 1. The average Bonchev–Trinajstić information content (AvgIpc) is 3.04. The van der Waals surface area contributed by atoms with E-state index < -0.39 is 0 Å². The van der Waals surface area contributed by atoms with Gasteiger partial charge in [0.15, 0.2) is 17.3 Å². The van der Waals surface area contributed by atoms with Crippen molar-refractivity contribution in [1.29, 1.82) is 0 Å². The summed E-state index contributed by atoms with van der Waals surface area (Å²) in [5.41, 5.74) is 1.36. The Morgan fingerprint density at radius 2 is 1.07 bits per heavy atom. The van der Waals surface area contributed by atoms with E-state index in [0.717, 1.165) is 62.7 Å². The molecule has 5 nitrogen and oxygen atoms in total. The molecule has 0 atom stereocenters. The maximum Gasteiger partial charge on any atom is 0.189 e. The van der Waals surface area contributed by atoms with Crippen molar-refractivity contribution < 1.29 is 23.7 Å². The van der Waals surface area contributed by atoms with Gasteiger partial charge in [0.2, 0.25) is 0 Å². The van der Waals surface area contributed by atoms with Crippen LogP contribution in [0.15, 0.2) is 42.5 Å². The number of allylic oxidation sites excluding steroid dienone is 1. The lowest BCUT2D eigenvalue weighted by Gasteiger charge is -2.18. The van der Waals surface area contributed by atoms with E-state index in [1.165, 1.54) is 51.4 Å². The highest BCUT2D eigenvalue weighted by atomic mass is 16.5. The number of unbranched alkanes of at least 4 members (excludes halogenated alkanes) is 12. The Morgan fingerprint density at radius 1 is 0.568 bits per heavy atom. The zero-order chi connectivity index (χ0) is 31.7. The van der Waals surface area contributed by atoms with Crippen LogP contribution in [0.4, 0.5) is 0 Å². The highest BCUT2D eigenvalue weighted by Gasteiger charge is 2.16. The molecule has 0 spiro atoms. The topological polar surface area (TPSA) is 54.0 Å². The molecule has 2 aromatic rings. The Kier molecular flexibility index (Phi) is 20.6. The molecule has 0 N–H and O–H groups in total. The molecule has 5 heteroatoms. The summed E-state index contributed by atoms with van der Waals surface area (Å²) in [5, 5.41) is 0. The Morgan fingerprint density at radius 3 is 1.64 bits per heavy atom. The van der Waals surface area contributed by atoms with Crippen molar-refractivity contribution in [3.63, 3.8) is 0 Å². The van der Waals surface area contributed by atoms with E-state index in [1.807, 2.05) is 42.5 Å². The van der Waals surface area contributed by atoms with Crippen molar-refractivity contribution in [2.45, 2.75) is 130 Å². The highest BCUT2D eigenvalue weighted by Crippen LogP contribution is 2.38. The fraction of sp³-hybridized carbons (Fsp3) is 0.615. The van der Waals surface area contributed by atoms with Gasteiger partial charge in [0.25, 0.3) is 0 Å². The fourth-order valence-electron chi connectivity index (χ4n) is 4.96. The molecule has 0 heterocycles. The molecule has 0 aliphatic carbocycles. The van der Waals surface area contributed by atoms with Crippen LogP contribution in [-0.4, -0.2) is 32.2 Å². The predicted octanol–water partition coefficient (Wildman–Crippen LogP) is 11.4. The van der Waals surface area contributed by atoms with Gasteiger partial charge in [-0.1, -0.05) is 117 Å². The van der Waals surface area contributed by atoms with Gasteiger partial charge in [-0.2, -0.15) is 0 Å². The molecule has 0 fully saturated rings. The van der Waals surface area contributed by atoms with Crippen LogP contribution in [0.25, 0.3) is 6.08 Å². The van der Waals surface area contributed by atoms with Gasteiger partial charge in [0.05, 0.1) is 32.0 Å². The minimum absolute atomic E-state index is 0.101. The third-order valence-corrected chi connectivity index (χ3v) is 7.65. The van der Waals surface area contributed by atoms with E-state index in [2.05, 4.69) is 27.7 Å². The standard InChI is InChI=1S/C39H60O5/c1-5-9-13-19-27-41-34-31-33(25-26-36(40)35-23-17-18-24-37(35)42-28-20-14-10-6-2)39(44-30-22-16-12-8-4)38(32-34)43-29-21-15-11-7-3/h17-18,23-26,31-32H,5-16,19-22,27-30H2,1-4H3. The van der Waals surface area contributed by atoms with Gasteiger partial charge in [-0.05, 0) is 56.0 Å². The molecule has 0 unspecified atom stereocenters. The molecule has 0 radical (unpaired) electrons. The second kappa shape index (κ2) is 24.4. The smallest absolute Gasteiger partial charge is 0.189 e. The van der Waals surface area contributed by atoms with E-state index in [0.29, 0.717) is 49.2 Å². The summed E-state index contributed by atoms with van der Waals surface area (Å²) < 4.78 is 24.9. The number of para-hydroxylation sites is 1. The maximum absolute atomic E-state index is 13.5. The summed E-state index contributed by atoms with van der Waals surface area (Å²) in [4.78, 5) is 13.5. The van der Waals surface area contributed by atoms with Gasteiger partial charge in [-0.15, -0.1) is 0 Å². The average molecular weight is 609 g/mol. The summed E-state index contributed by atoms with van der Waals surface area (Å²) in [6, 6.07) is 11.4. The second-order valence-corrected chi connectivity index (χ2v) is 11.7. The third-order valence-electron chi connectivity index (χ3n) is 7.65. The summed E-state index contributed by atoms with van der Waals surface area (Å²) in [5.74, 6) is 2.64. The van der Waals surface area contributed by atoms with Crippen LogP contribution >= 0.6 is 0 Å². The number of ether oxygens (including phenoxy) is 4. The minimum Gasteiger partial charge on any atom is -0.493 e. The van der Waals surface area contributed by atoms with Crippen LogP contribution in [0, 0.1) is 0 Å². The molecule has 246 valence electrons. The first-order valence-electron chi connectivity index (χ1n) is 17.6. The second-order valence-electron chi connectivity index (χ2n) is 11.7. The first-order chi connectivity index (χ1) is 21.6. The van der Waals surface area contributed by atoms with Crippen LogP contribution in [0.2, 0.25) is 0 Å². The normalized spacial score (nSPS) is 11.2. The van der Waals surface area contributed by atoms with Crippen LogP contribution in [0.3, 0.4) is 0 Å². The minimum atomic E-state index is -0.101. The summed E-state index contributed by atoms with van der Waals surface area (Å²) in [6.07, 6.45) is 21.5. The molecule has 0 saturated carbocycles. The SMILES string of the molecule is CCCCCCOc1cc(C=CC(=O)c2ccccc2OCCCCCC)c(OCCCCCC)c(OCCCCCC)c1. The molecule has 0 amide bonds. The Balaban J connectivity index is 2.31. The van der Waals surface area contributed by atoms with Gasteiger partial charge in [-0.3, -0.25) is 4.79 Å². The Hall–Kier alpha value is -2.95. The number of benzene rings is 2. The van der Waals surface area contributed by atoms with Crippen LogP contribution in [0.1, 0.15) is 146 Å². The monoisotopic (exact) mass is 608 g/mol. The lowest BCUT2D eigenvalue weighted by atomic mass is 10.1. The Bertz CT molecular complexity index is 1060. The first kappa shape index (κ1) is 37.2.